The summed E-state index contributed by atoms with van der Waals surface area (Å²) < 4.78 is 18.7. The van der Waals surface area contributed by atoms with Gasteiger partial charge in [0.05, 0.1) is 5.92 Å². The fourth-order valence-electron chi connectivity index (χ4n) is 4.34. The average Bonchev–Trinajstić information content (AvgIpc) is 3.09. The fraction of sp³-hybridized carbons (Fsp3) is 0.591. The minimum absolute atomic E-state index is 0.0121. The summed E-state index contributed by atoms with van der Waals surface area (Å²) in [5, 5.41) is 2.53. The van der Waals surface area contributed by atoms with E-state index in [0.717, 1.165) is 12.8 Å². The zero-order valence-electron chi connectivity index (χ0n) is 17.0. The number of likely N-dealkylation sites (tertiary alicyclic amines) is 1. The zero-order valence-corrected chi connectivity index (χ0v) is 17.0. The number of carbonyl (C=O) groups is 3. The van der Waals surface area contributed by atoms with Crippen LogP contribution in [0.2, 0.25) is 0 Å². The second-order valence-corrected chi connectivity index (χ2v) is 8.26. The molecule has 2 aliphatic rings. The molecule has 0 spiro atoms. The van der Waals surface area contributed by atoms with E-state index in [4.69, 9.17) is 4.74 Å². The number of amides is 2. The topological polar surface area (TPSA) is 75.7 Å². The first-order chi connectivity index (χ1) is 13.9. The molecule has 1 N–H and O–H groups in total. The van der Waals surface area contributed by atoms with Crippen molar-refractivity contribution in [3.63, 3.8) is 0 Å². The van der Waals surface area contributed by atoms with Crippen molar-refractivity contribution in [2.45, 2.75) is 52.1 Å². The Kier molecular flexibility index (Phi) is 6.87. The number of rotatable bonds is 6. The minimum Gasteiger partial charge on any atom is -0.455 e. The Hall–Kier alpha value is -2.44. The summed E-state index contributed by atoms with van der Waals surface area (Å²) in [7, 11) is 0. The maximum absolute atomic E-state index is 13.6. The third kappa shape index (κ3) is 5.14. The van der Waals surface area contributed by atoms with Crippen LogP contribution in [-0.2, 0) is 25.7 Å². The van der Waals surface area contributed by atoms with Crippen LogP contribution in [0.5, 0.6) is 0 Å². The molecule has 6 nitrogen and oxygen atoms in total. The van der Waals surface area contributed by atoms with Crippen LogP contribution in [-0.4, -0.2) is 41.9 Å². The van der Waals surface area contributed by atoms with Crippen LogP contribution < -0.4 is 5.32 Å². The molecule has 2 amide bonds. The smallest absolute Gasteiger partial charge is 0.311 e. The first-order valence-electron chi connectivity index (χ1n) is 10.3. The molecule has 1 aliphatic carbocycles. The quantitative estimate of drug-likeness (QED) is 0.740. The van der Waals surface area contributed by atoms with E-state index in [1.54, 1.807) is 18.2 Å². The Morgan fingerprint density at radius 1 is 1.24 bits per heavy atom. The highest BCUT2D eigenvalue weighted by molar-refractivity contribution is 5.88. The Balaban J connectivity index is 1.45. The van der Waals surface area contributed by atoms with Crippen LogP contribution in [0.15, 0.2) is 24.3 Å². The number of nitrogens with one attached hydrogen (secondary N) is 1. The molecular weight excluding hydrogens is 375 g/mol. The van der Waals surface area contributed by atoms with E-state index in [2.05, 4.69) is 19.2 Å². The summed E-state index contributed by atoms with van der Waals surface area (Å²) in [4.78, 5) is 38.6. The van der Waals surface area contributed by atoms with Crippen molar-refractivity contribution in [2.24, 2.45) is 17.8 Å². The van der Waals surface area contributed by atoms with Crippen LogP contribution in [0.25, 0.3) is 0 Å². The maximum atomic E-state index is 13.6. The Morgan fingerprint density at radius 3 is 2.76 bits per heavy atom. The normalized spacial score (nSPS) is 27.0. The molecule has 1 aromatic carbocycles. The van der Waals surface area contributed by atoms with Gasteiger partial charge in [0, 0.05) is 31.1 Å². The zero-order chi connectivity index (χ0) is 21.0. The lowest BCUT2D eigenvalue weighted by molar-refractivity contribution is -0.152. The molecular formula is C22H29FN2O4. The second kappa shape index (κ2) is 9.37. The van der Waals surface area contributed by atoms with E-state index in [1.807, 2.05) is 4.90 Å². The fourth-order valence-corrected chi connectivity index (χ4v) is 4.34. The van der Waals surface area contributed by atoms with Crippen molar-refractivity contribution in [3.8, 4) is 0 Å². The summed E-state index contributed by atoms with van der Waals surface area (Å²) in [6.45, 7) is 4.33. The van der Waals surface area contributed by atoms with Crippen molar-refractivity contribution in [1.29, 1.82) is 0 Å². The highest BCUT2D eigenvalue weighted by atomic mass is 19.1. The van der Waals surface area contributed by atoms with Crippen molar-refractivity contribution in [3.05, 3.63) is 35.6 Å². The molecule has 0 bridgehead atoms. The van der Waals surface area contributed by atoms with E-state index in [9.17, 15) is 18.8 Å². The van der Waals surface area contributed by atoms with Crippen LogP contribution in [0.3, 0.4) is 0 Å². The van der Waals surface area contributed by atoms with E-state index < -0.39 is 30.2 Å². The lowest BCUT2D eigenvalue weighted by Crippen LogP contribution is -2.45. The number of ether oxygens (including phenoxy) is 1. The lowest BCUT2D eigenvalue weighted by atomic mass is 9.77. The summed E-state index contributed by atoms with van der Waals surface area (Å²) in [5.41, 5.74) is 0.361. The van der Waals surface area contributed by atoms with Gasteiger partial charge in [-0.1, -0.05) is 44.9 Å². The highest BCUT2D eigenvalue weighted by Gasteiger charge is 2.42. The van der Waals surface area contributed by atoms with Crippen LogP contribution in [0.1, 0.15) is 45.1 Å². The average molecular weight is 404 g/mol. The van der Waals surface area contributed by atoms with Crippen molar-refractivity contribution < 1.29 is 23.5 Å². The molecule has 3 rings (SSSR count). The molecule has 1 saturated carbocycles. The van der Waals surface area contributed by atoms with Gasteiger partial charge in [-0.2, -0.15) is 0 Å². The van der Waals surface area contributed by atoms with Gasteiger partial charge >= 0.3 is 5.97 Å². The SMILES string of the molecule is C[C@@H]1[C@H](C)CCC[C@H]1N1C[C@H](C(=O)OCC(=O)NCc2ccccc2F)CC1=O. The monoisotopic (exact) mass is 404 g/mol. The summed E-state index contributed by atoms with van der Waals surface area (Å²) >= 11 is 0. The van der Waals surface area contributed by atoms with Crippen LogP contribution in [0, 0.1) is 23.6 Å². The first kappa shape index (κ1) is 21.3. The number of esters is 1. The van der Waals surface area contributed by atoms with Crippen molar-refractivity contribution >= 4 is 17.8 Å². The predicted octanol–water partition coefficient (Wildman–Crippen LogP) is 2.66. The molecule has 1 heterocycles. The van der Waals surface area contributed by atoms with Gasteiger partial charge in [0.1, 0.15) is 5.82 Å². The van der Waals surface area contributed by atoms with E-state index >= 15 is 0 Å². The number of benzene rings is 1. The summed E-state index contributed by atoms with van der Waals surface area (Å²) in [6, 6.07) is 6.32. The molecule has 4 atom stereocenters. The summed E-state index contributed by atoms with van der Waals surface area (Å²) in [6.07, 6.45) is 3.37. The van der Waals surface area contributed by atoms with Gasteiger partial charge in [0.15, 0.2) is 6.61 Å². The largest absolute Gasteiger partial charge is 0.455 e. The molecule has 7 heteroatoms. The van der Waals surface area contributed by atoms with Gasteiger partial charge in [-0.3, -0.25) is 14.4 Å². The number of halogens is 1. The van der Waals surface area contributed by atoms with Gasteiger partial charge in [-0.15, -0.1) is 0 Å². The minimum atomic E-state index is -0.536. The highest BCUT2D eigenvalue weighted by Crippen LogP contribution is 2.35. The molecule has 1 saturated heterocycles. The van der Waals surface area contributed by atoms with Gasteiger partial charge in [-0.25, -0.2) is 4.39 Å². The predicted molar refractivity (Wildman–Crippen MR) is 105 cm³/mol. The van der Waals surface area contributed by atoms with E-state index in [0.29, 0.717) is 23.9 Å². The molecule has 1 aliphatic heterocycles. The molecule has 0 unspecified atom stereocenters. The Morgan fingerprint density at radius 2 is 2.00 bits per heavy atom. The number of hydrogen-bond acceptors (Lipinski definition) is 4. The molecule has 2 fully saturated rings. The maximum Gasteiger partial charge on any atom is 0.311 e. The van der Waals surface area contributed by atoms with Gasteiger partial charge in [0.2, 0.25) is 5.91 Å². The van der Waals surface area contributed by atoms with E-state index in [-0.39, 0.29) is 24.9 Å². The molecule has 0 aromatic heterocycles. The summed E-state index contributed by atoms with van der Waals surface area (Å²) in [5.74, 6) is -1.01. The Labute approximate surface area is 170 Å². The van der Waals surface area contributed by atoms with Gasteiger partial charge in [0.25, 0.3) is 5.91 Å². The lowest BCUT2D eigenvalue weighted by Gasteiger charge is -2.39. The first-order valence-corrected chi connectivity index (χ1v) is 10.3. The Bertz CT molecular complexity index is 769. The second-order valence-electron chi connectivity index (χ2n) is 8.26. The van der Waals surface area contributed by atoms with Crippen molar-refractivity contribution in [2.75, 3.05) is 13.2 Å². The molecule has 158 valence electrons. The standard InChI is InChI=1S/C22H29FN2O4/c1-14-6-5-9-19(15(14)2)25-12-17(10-21(25)27)22(28)29-13-20(26)24-11-16-7-3-4-8-18(16)23/h3-4,7-8,14-15,17,19H,5-6,9-13H2,1-2H3,(H,24,26)/t14-,15-,17-,19-/m1/s1. The number of hydrogen-bond donors (Lipinski definition) is 1. The third-order valence-electron chi connectivity index (χ3n) is 6.34. The van der Waals surface area contributed by atoms with Gasteiger partial charge < -0.3 is 15.0 Å². The van der Waals surface area contributed by atoms with Crippen LogP contribution >= 0.6 is 0 Å². The number of nitrogens with zero attached hydrogens (tertiary/aromatic N) is 1. The van der Waals surface area contributed by atoms with Gasteiger partial charge in [-0.05, 0) is 24.3 Å². The van der Waals surface area contributed by atoms with E-state index in [1.165, 1.54) is 12.5 Å². The molecule has 1 aromatic rings. The third-order valence-corrected chi connectivity index (χ3v) is 6.34. The molecule has 0 radical (unpaired) electrons. The number of carbonyl (C=O) groups excluding carboxylic acids is 3. The van der Waals surface area contributed by atoms with Crippen LogP contribution in [0.4, 0.5) is 4.39 Å². The van der Waals surface area contributed by atoms with Crippen molar-refractivity contribution in [1.82, 2.24) is 10.2 Å². The molecule has 29 heavy (non-hydrogen) atoms.